The molecule has 6 heterocycles. The number of fused-ring (bicyclic) bond motifs is 1. The molecule has 7 atom stereocenters. The number of nitroso groups, excluding NO2 is 1. The number of hydrogen-bond donors (Lipinski definition) is 6. The third-order valence-electron chi connectivity index (χ3n) is 19.8. The van der Waals surface area contributed by atoms with Gasteiger partial charge in [0.1, 0.15) is 34.3 Å². The molecule has 4 bridgehead atoms. The monoisotopic (exact) mass is 1370 g/mol. The predicted octanol–water partition coefficient (Wildman–Crippen LogP) is 12.4. The normalized spacial score (nSPS) is 24.9. The van der Waals surface area contributed by atoms with Gasteiger partial charge >= 0.3 is 0 Å². The summed E-state index contributed by atoms with van der Waals surface area (Å²) in [5.74, 6) is -0.414. The number of nitrogens with one attached hydrogen (secondary N) is 2. The highest BCUT2D eigenvalue weighted by molar-refractivity contribution is 8.00. The van der Waals surface area contributed by atoms with Crippen LogP contribution in [0, 0.1) is 40.4 Å². The second kappa shape index (κ2) is 30.6. The van der Waals surface area contributed by atoms with Crippen LogP contribution in [0.1, 0.15) is 154 Å². The van der Waals surface area contributed by atoms with E-state index in [-0.39, 0.29) is 81.1 Å². The first-order valence-electron chi connectivity index (χ1n) is 33.7. The molecule has 24 heteroatoms. The summed E-state index contributed by atoms with van der Waals surface area (Å²) in [5, 5.41) is 36.8. The van der Waals surface area contributed by atoms with Gasteiger partial charge in [0.2, 0.25) is 16.9 Å². The highest BCUT2D eigenvalue weighted by atomic mass is 32.2. The predicted molar refractivity (Wildman–Crippen MR) is 383 cm³/mol. The van der Waals surface area contributed by atoms with Gasteiger partial charge in [-0.25, -0.2) is 19.9 Å². The number of unbranched alkanes of at least 4 members (excludes halogenated alkanes) is 3. The number of thiazole rings is 2. The number of ether oxygens (including phenoxy) is 2. The lowest BCUT2D eigenvalue weighted by Crippen LogP contribution is -2.64. The maximum absolute atomic E-state index is 13.2. The molecule has 2 amide bonds. The molecular weight excluding hydrogens is 1270 g/mol. The molecule has 2 aliphatic heterocycles. The number of hydrogen-bond acceptors (Lipinski definition) is 20. The van der Waals surface area contributed by atoms with Gasteiger partial charge < -0.3 is 51.5 Å². The van der Waals surface area contributed by atoms with Gasteiger partial charge in [-0.2, -0.15) is 5.10 Å². The average molecular weight is 1370 g/mol. The minimum Gasteiger partial charge on any atom is -0.504 e. The van der Waals surface area contributed by atoms with Gasteiger partial charge in [-0.1, -0.05) is 112 Å². The number of β-amino-alcohol motifs (C(OH)–C–C–N with tert-alkyl or cyclic N) is 1. The number of aliphatic hydroxyl groups is 2. The average Bonchev–Trinajstić information content (AvgIpc) is 0.700. The van der Waals surface area contributed by atoms with Crippen LogP contribution < -0.4 is 22.1 Å². The molecule has 2 aromatic carbocycles. The zero-order valence-electron chi connectivity index (χ0n) is 57.4. The minimum atomic E-state index is -0.704. The number of aldehydes is 1. The van der Waals surface area contributed by atoms with Crippen molar-refractivity contribution in [2.75, 3.05) is 53.0 Å². The Kier molecular flexibility index (Phi) is 22.9. The molecule has 96 heavy (non-hydrogen) atoms. The van der Waals surface area contributed by atoms with Gasteiger partial charge in [-0.15, -0.1) is 16.2 Å². The number of aromatic nitrogens is 5. The molecule has 4 aromatic heterocycles. The molecule has 6 aromatic rings. The maximum atomic E-state index is 13.2. The topological polar surface area (TPSA) is 291 Å². The molecule has 0 radical (unpaired) electrons. The van der Waals surface area contributed by atoms with Gasteiger partial charge in [-0.3, -0.25) is 19.2 Å². The number of para-hydroxylation sites is 1. The van der Waals surface area contributed by atoms with E-state index in [0.29, 0.717) is 28.6 Å². The van der Waals surface area contributed by atoms with Crippen LogP contribution in [0.2, 0.25) is 0 Å². The second-order valence-corrected chi connectivity index (χ2v) is 32.2. The fraction of sp³-hybridized carbons (Fsp3) is 0.556. The lowest BCUT2D eigenvalue weighted by Gasteiger charge is -2.69. The van der Waals surface area contributed by atoms with Crippen molar-refractivity contribution in [2.45, 2.75) is 186 Å². The Morgan fingerprint density at radius 1 is 0.958 bits per heavy atom. The Morgan fingerprint density at radius 2 is 1.69 bits per heavy atom. The number of amidine groups is 1. The van der Waals surface area contributed by atoms with Crippen LogP contribution in [-0.4, -0.2) is 151 Å². The Hall–Kier alpha value is -6.77. The summed E-state index contributed by atoms with van der Waals surface area (Å²) in [4.78, 5) is 72.9. The first-order valence-corrected chi connectivity index (χ1v) is 36.3. The third kappa shape index (κ3) is 17.0. The van der Waals surface area contributed by atoms with Crippen LogP contribution in [0.3, 0.4) is 0 Å². The lowest BCUT2D eigenvalue weighted by molar-refractivity contribution is -0.249. The Balaban J connectivity index is 0.000000262. The summed E-state index contributed by atoms with van der Waals surface area (Å²) in [7, 11) is 1.74. The number of aliphatic imine (C=N–C) groups is 1. The van der Waals surface area contributed by atoms with E-state index in [9.17, 15) is 29.5 Å². The van der Waals surface area contributed by atoms with Crippen molar-refractivity contribution in [2.24, 2.45) is 43.3 Å². The number of pyridine rings is 1. The smallest absolute Gasteiger partial charge is 0.243 e. The van der Waals surface area contributed by atoms with Gasteiger partial charge in [0.05, 0.1) is 81.8 Å². The fourth-order valence-electron chi connectivity index (χ4n) is 16.3. The van der Waals surface area contributed by atoms with Crippen LogP contribution in [-0.2, 0) is 30.4 Å². The standard InChI is InChI=1S/C48H63N9O5S2.C24H34N4O3S/c1-32(42(50)54-44-53-37-11-8-9-12-39(37)63-44)23-36(49)41(59)38-15-14-34(43(52-38)64-40(55-60)13-7-5-6-10-19-58)35-24-51-57(33(35)2)31-47-26-45(3)25-46(4,27-47)29-48(28-45,30-47)62-22-18-56-16-20-61-21-17-56;1-14(16-7-9-17(10-8-16)20-15(2)26-13-32-20)27-22(30)19-11-18(29)12-28(19)23(31)21(25-6)24(3,4)5/h8-9,11-12,14-15,19,23-24,40,59H,5-7,10,13,16-18,20-22,25-31,49H2,1-4H3,(H2,50,53,54);7-10,13-14,18-19,21,25,29H,11-12H2,1-6H3,(H,27,30)/b32-23-,41-36+;/t;14-,18+,19?,21?/m.1/s1. The number of thioether (sulfide) groups is 1. The summed E-state index contributed by atoms with van der Waals surface area (Å²) in [5.41, 5.74) is 22.2. The SMILES string of the molecule is CC(=C/C(N)=C(\O)c1ccc(-c2cnn(CC34CC5(C)CC(C)(C3)CC(OCCN3CCOCC3)(C5)C4)c2C)c(SC(CCCCCC=O)N=O)n1)/C(N)=N/c1nc2ccccc2s1.CNC(C(=O)N1C[C@@H](O)CC1C(=O)N[C@H](C)c1ccc(-c2scnc2C)cc1)C(C)(C)C. The Morgan fingerprint density at radius 3 is 2.35 bits per heavy atom. The van der Waals surface area contributed by atoms with E-state index in [4.69, 9.17) is 31.0 Å². The van der Waals surface area contributed by atoms with E-state index in [1.807, 2.05) is 101 Å². The number of nitrogens with zero attached hydrogens (tertiary/aromatic N) is 9. The summed E-state index contributed by atoms with van der Waals surface area (Å²) < 4.78 is 15.8. The highest BCUT2D eigenvalue weighted by Crippen LogP contribution is 2.72. The first-order chi connectivity index (χ1) is 45.7. The van der Waals surface area contributed by atoms with Crippen LogP contribution in [0.4, 0.5) is 5.13 Å². The van der Waals surface area contributed by atoms with E-state index in [1.54, 1.807) is 37.5 Å². The van der Waals surface area contributed by atoms with Crippen molar-refractivity contribution in [3.8, 4) is 21.6 Å². The van der Waals surface area contributed by atoms with E-state index in [0.717, 1.165) is 152 Å². The molecular formula is C72H97N13O8S3. The molecule has 5 unspecified atom stereocenters. The van der Waals surface area contributed by atoms with Crippen molar-refractivity contribution in [1.82, 2.24) is 45.2 Å². The number of likely N-dealkylation sites (tertiary alicyclic amines) is 1. The minimum absolute atomic E-state index is 0.0452. The molecule has 8 N–H and O–H groups in total. The maximum Gasteiger partial charge on any atom is 0.243 e. The molecule has 6 fully saturated rings. The van der Waals surface area contributed by atoms with E-state index in [1.165, 1.54) is 34.4 Å². The largest absolute Gasteiger partial charge is 0.504 e. The number of rotatable bonds is 26. The van der Waals surface area contributed by atoms with Crippen molar-refractivity contribution in [3.63, 3.8) is 0 Å². The number of carbonyl (C=O) groups excluding carboxylic acids is 3. The van der Waals surface area contributed by atoms with E-state index < -0.39 is 23.6 Å². The number of benzene rings is 2. The van der Waals surface area contributed by atoms with Crippen LogP contribution in [0.15, 0.2) is 105 Å². The number of likely N-dealkylation sites (N-methyl/N-ethyl adjacent to an activating group) is 1. The van der Waals surface area contributed by atoms with Crippen molar-refractivity contribution < 1.29 is 34.1 Å². The Bertz CT molecular complexity index is 3780. The second-order valence-electron chi connectivity index (χ2n) is 29.2. The third-order valence-corrected chi connectivity index (χ3v) is 22.8. The van der Waals surface area contributed by atoms with Crippen molar-refractivity contribution in [1.29, 1.82) is 0 Å². The number of aliphatic hydroxyl groups excluding tert-OH is 2. The molecule has 6 aliphatic rings. The quantitative estimate of drug-likeness (QED) is 0.00430. The lowest BCUT2D eigenvalue weighted by atomic mass is 9.39. The number of allylic oxidation sites excluding steroid dienone is 1. The summed E-state index contributed by atoms with van der Waals surface area (Å²) >= 11 is 4.31. The van der Waals surface area contributed by atoms with Gasteiger partial charge in [-0.05, 0) is 155 Å². The van der Waals surface area contributed by atoms with Gasteiger partial charge in [0.15, 0.2) is 5.76 Å². The van der Waals surface area contributed by atoms with Gasteiger partial charge in [0.25, 0.3) is 0 Å². The molecule has 0 spiro atoms. The van der Waals surface area contributed by atoms with Gasteiger partial charge in [0, 0.05) is 62.4 Å². The number of carbonyl (C=O) groups is 3. The number of nitrogens with two attached hydrogens (primary N) is 2. The molecule has 2 saturated heterocycles. The zero-order chi connectivity index (χ0) is 68.7. The number of morpholine rings is 1. The molecule has 516 valence electrons. The van der Waals surface area contributed by atoms with Crippen molar-refractivity contribution >= 4 is 79.5 Å². The number of aryl methyl sites for hydroxylation is 1. The Labute approximate surface area is 576 Å². The summed E-state index contributed by atoms with van der Waals surface area (Å²) in [6.45, 7) is 24.8. The highest BCUT2D eigenvalue weighted by Gasteiger charge is 2.66. The summed E-state index contributed by atoms with van der Waals surface area (Å²) in [6, 6.07) is 18.2. The fourth-order valence-corrected chi connectivity index (χ4v) is 19.0. The van der Waals surface area contributed by atoms with E-state index in [2.05, 4.69) is 61.1 Å². The van der Waals surface area contributed by atoms with Crippen molar-refractivity contribution in [3.05, 3.63) is 117 Å². The molecule has 4 aliphatic carbocycles. The van der Waals surface area contributed by atoms with Crippen LogP contribution in [0.5, 0.6) is 0 Å². The summed E-state index contributed by atoms with van der Waals surface area (Å²) in [6.07, 6.45) is 14.0. The first kappa shape index (κ1) is 72.0. The molecule has 4 saturated carbocycles. The van der Waals surface area contributed by atoms with E-state index >= 15 is 0 Å². The molecule has 21 nitrogen and oxygen atoms in total. The molecule has 12 rings (SSSR count). The van der Waals surface area contributed by atoms with Crippen LogP contribution >= 0.6 is 34.4 Å². The zero-order valence-corrected chi connectivity index (χ0v) is 59.8. The van der Waals surface area contributed by atoms with Crippen LogP contribution in [0.25, 0.3) is 37.5 Å². The number of amides is 2.